The van der Waals surface area contributed by atoms with E-state index in [-0.39, 0.29) is 11.9 Å². The van der Waals surface area contributed by atoms with Gasteiger partial charge in [-0.15, -0.1) is 11.3 Å². The smallest absolute Gasteiger partial charge is 0.242 e. The Labute approximate surface area is 151 Å². The van der Waals surface area contributed by atoms with Crippen molar-refractivity contribution in [2.75, 3.05) is 38.6 Å². The lowest BCUT2D eigenvalue weighted by molar-refractivity contribution is -0.128. The summed E-state index contributed by atoms with van der Waals surface area (Å²) in [5, 5.41) is 5.60. The Bertz CT molecular complexity index is 673. The number of aromatic nitrogens is 2. The first-order valence-corrected chi connectivity index (χ1v) is 9.31. The van der Waals surface area contributed by atoms with Crippen LogP contribution >= 0.6 is 11.3 Å². The first kappa shape index (κ1) is 17.8. The summed E-state index contributed by atoms with van der Waals surface area (Å²) in [7, 11) is 0. The van der Waals surface area contributed by atoms with Crippen molar-refractivity contribution in [1.29, 1.82) is 0 Å². The monoisotopic (exact) mass is 361 g/mol. The molecule has 1 fully saturated rings. The lowest BCUT2D eigenvalue weighted by Gasteiger charge is -2.33. The number of carbonyl (C=O) groups excluding carboxylic acids is 1. The Balaban J connectivity index is 1.57. The summed E-state index contributed by atoms with van der Waals surface area (Å²) in [5.74, 6) is 0.00712. The molecule has 3 rings (SSSR count). The number of hydrogen-bond acceptors (Lipinski definition) is 7. The first-order valence-electron chi connectivity index (χ1n) is 8.43. The summed E-state index contributed by atoms with van der Waals surface area (Å²) in [4.78, 5) is 23.4. The van der Waals surface area contributed by atoms with Crippen molar-refractivity contribution in [2.24, 2.45) is 0 Å². The van der Waals surface area contributed by atoms with Gasteiger partial charge in [0.05, 0.1) is 18.9 Å². The molecule has 1 saturated heterocycles. The SMILES string of the molecule is Nc1nc(CCCNC(=O)[C@@H](c2cccnc2)N2CCOCC2)cs1. The Kier molecular flexibility index (Phi) is 6.32. The molecule has 0 spiro atoms. The van der Waals surface area contributed by atoms with Crippen molar-refractivity contribution in [3.05, 3.63) is 41.2 Å². The number of pyridine rings is 1. The van der Waals surface area contributed by atoms with Crippen LogP contribution in [-0.4, -0.2) is 53.6 Å². The maximum absolute atomic E-state index is 12.8. The van der Waals surface area contributed by atoms with E-state index in [1.54, 1.807) is 12.4 Å². The van der Waals surface area contributed by atoms with Gasteiger partial charge in [0.15, 0.2) is 5.13 Å². The van der Waals surface area contributed by atoms with Gasteiger partial charge < -0.3 is 15.8 Å². The molecule has 134 valence electrons. The number of morpholine rings is 1. The quantitative estimate of drug-likeness (QED) is 0.721. The molecule has 1 aliphatic rings. The fraction of sp³-hybridized carbons (Fsp3) is 0.471. The molecule has 2 aromatic rings. The summed E-state index contributed by atoms with van der Waals surface area (Å²) in [5.41, 5.74) is 7.53. The summed E-state index contributed by atoms with van der Waals surface area (Å²) in [6, 6.07) is 3.49. The van der Waals surface area contributed by atoms with Crippen molar-refractivity contribution < 1.29 is 9.53 Å². The average Bonchev–Trinajstić information content (AvgIpc) is 3.06. The highest BCUT2D eigenvalue weighted by Gasteiger charge is 2.28. The van der Waals surface area contributed by atoms with Crippen molar-refractivity contribution >= 4 is 22.4 Å². The number of hydrogen-bond donors (Lipinski definition) is 2. The van der Waals surface area contributed by atoms with E-state index in [9.17, 15) is 4.79 Å². The third-order valence-electron chi connectivity index (χ3n) is 4.14. The van der Waals surface area contributed by atoms with Gasteiger partial charge in [0.2, 0.25) is 5.91 Å². The molecule has 0 saturated carbocycles. The van der Waals surface area contributed by atoms with Gasteiger partial charge >= 0.3 is 0 Å². The molecule has 8 heteroatoms. The third-order valence-corrected chi connectivity index (χ3v) is 4.86. The van der Waals surface area contributed by atoms with Gasteiger partial charge in [0, 0.05) is 37.4 Å². The molecule has 1 atom stereocenters. The molecule has 0 radical (unpaired) electrons. The number of anilines is 1. The van der Waals surface area contributed by atoms with Gasteiger partial charge in [-0.2, -0.15) is 0 Å². The molecule has 7 nitrogen and oxygen atoms in total. The highest BCUT2D eigenvalue weighted by Crippen LogP contribution is 2.21. The van der Waals surface area contributed by atoms with Crippen molar-refractivity contribution in [2.45, 2.75) is 18.9 Å². The molecule has 25 heavy (non-hydrogen) atoms. The Morgan fingerprint density at radius 3 is 2.96 bits per heavy atom. The number of nitrogens with one attached hydrogen (secondary N) is 1. The summed E-state index contributed by atoms with van der Waals surface area (Å²) in [6.07, 6.45) is 5.12. The molecular weight excluding hydrogens is 338 g/mol. The van der Waals surface area contributed by atoms with E-state index in [4.69, 9.17) is 10.5 Å². The lowest BCUT2D eigenvalue weighted by Crippen LogP contribution is -2.46. The number of carbonyl (C=O) groups is 1. The maximum atomic E-state index is 12.8. The van der Waals surface area contributed by atoms with Crippen LogP contribution in [0, 0.1) is 0 Å². The predicted molar refractivity (Wildman–Crippen MR) is 97.2 cm³/mol. The maximum Gasteiger partial charge on any atom is 0.242 e. The second-order valence-corrected chi connectivity index (χ2v) is 6.80. The number of thiazole rings is 1. The minimum Gasteiger partial charge on any atom is -0.379 e. The van der Waals surface area contributed by atoms with Crippen molar-refractivity contribution in [1.82, 2.24) is 20.2 Å². The number of aryl methyl sites for hydroxylation is 1. The van der Waals surface area contributed by atoms with Crippen LogP contribution in [-0.2, 0) is 16.0 Å². The number of amides is 1. The van der Waals surface area contributed by atoms with Crippen LogP contribution in [0.3, 0.4) is 0 Å². The molecule has 2 aromatic heterocycles. The van der Waals surface area contributed by atoms with Crippen molar-refractivity contribution in [3.8, 4) is 0 Å². The highest BCUT2D eigenvalue weighted by atomic mass is 32.1. The van der Waals surface area contributed by atoms with Crippen LogP contribution in [0.5, 0.6) is 0 Å². The van der Waals surface area contributed by atoms with E-state index >= 15 is 0 Å². The second-order valence-electron chi connectivity index (χ2n) is 5.91. The van der Waals surface area contributed by atoms with E-state index in [0.29, 0.717) is 24.9 Å². The molecule has 1 aliphatic heterocycles. The van der Waals surface area contributed by atoms with E-state index in [2.05, 4.69) is 20.2 Å². The van der Waals surface area contributed by atoms with Crippen LogP contribution in [0.1, 0.15) is 23.7 Å². The molecule has 0 unspecified atom stereocenters. The highest BCUT2D eigenvalue weighted by molar-refractivity contribution is 7.13. The van der Waals surface area contributed by atoms with E-state index in [0.717, 1.165) is 37.2 Å². The van der Waals surface area contributed by atoms with Gasteiger partial charge in [-0.05, 0) is 24.5 Å². The zero-order valence-electron chi connectivity index (χ0n) is 14.1. The molecule has 0 aliphatic carbocycles. The number of nitrogens with two attached hydrogens (primary N) is 1. The number of nitrogens with zero attached hydrogens (tertiary/aromatic N) is 3. The molecule has 3 heterocycles. The van der Waals surface area contributed by atoms with Gasteiger partial charge in [0.1, 0.15) is 6.04 Å². The van der Waals surface area contributed by atoms with Gasteiger partial charge in [-0.1, -0.05) is 6.07 Å². The summed E-state index contributed by atoms with van der Waals surface area (Å²) < 4.78 is 5.41. The number of nitrogen functional groups attached to an aromatic ring is 1. The van der Waals surface area contributed by atoms with Gasteiger partial charge in [0.25, 0.3) is 0 Å². The molecule has 0 aromatic carbocycles. The minimum atomic E-state index is -0.326. The normalized spacial score (nSPS) is 16.5. The fourth-order valence-corrected chi connectivity index (χ4v) is 3.51. The van der Waals surface area contributed by atoms with E-state index in [1.807, 2.05) is 17.5 Å². The van der Waals surface area contributed by atoms with E-state index in [1.165, 1.54) is 11.3 Å². The number of ether oxygens (including phenoxy) is 1. The van der Waals surface area contributed by atoms with E-state index < -0.39 is 0 Å². The van der Waals surface area contributed by atoms with Crippen LogP contribution in [0.4, 0.5) is 5.13 Å². The largest absolute Gasteiger partial charge is 0.379 e. The van der Waals surface area contributed by atoms with Crippen LogP contribution < -0.4 is 11.1 Å². The Morgan fingerprint density at radius 1 is 1.44 bits per heavy atom. The Hall–Kier alpha value is -2.03. The molecule has 3 N–H and O–H groups in total. The molecule has 0 bridgehead atoms. The summed E-state index contributed by atoms with van der Waals surface area (Å²) >= 11 is 1.44. The lowest BCUT2D eigenvalue weighted by atomic mass is 10.1. The zero-order chi connectivity index (χ0) is 17.5. The Morgan fingerprint density at radius 2 is 2.28 bits per heavy atom. The minimum absolute atomic E-state index is 0.00712. The van der Waals surface area contributed by atoms with Crippen LogP contribution in [0.2, 0.25) is 0 Å². The predicted octanol–water partition coefficient (Wildman–Crippen LogP) is 1.24. The van der Waals surface area contributed by atoms with Gasteiger partial charge in [-0.25, -0.2) is 4.98 Å². The number of rotatable bonds is 7. The average molecular weight is 361 g/mol. The zero-order valence-corrected chi connectivity index (χ0v) is 14.9. The second kappa shape index (κ2) is 8.89. The van der Waals surface area contributed by atoms with Crippen LogP contribution in [0.25, 0.3) is 0 Å². The van der Waals surface area contributed by atoms with Crippen LogP contribution in [0.15, 0.2) is 29.9 Å². The topological polar surface area (TPSA) is 93.4 Å². The molecule has 1 amide bonds. The fourth-order valence-electron chi connectivity index (χ4n) is 2.92. The summed E-state index contributed by atoms with van der Waals surface area (Å²) in [6.45, 7) is 3.39. The standard InChI is InChI=1S/C17H23N5O2S/c18-17-21-14(12-25-17)4-2-6-20-16(23)15(13-3-1-5-19-11-13)22-7-9-24-10-8-22/h1,3,5,11-12,15H,2,4,6-10H2,(H2,18,21)(H,20,23)/t15-/m1/s1. The third kappa shape index (κ3) is 4.97. The first-order chi connectivity index (χ1) is 12.2. The molecular formula is C17H23N5O2S. The van der Waals surface area contributed by atoms with Crippen molar-refractivity contribution in [3.63, 3.8) is 0 Å². The van der Waals surface area contributed by atoms with Gasteiger partial charge in [-0.3, -0.25) is 14.7 Å².